The lowest BCUT2D eigenvalue weighted by atomic mass is 10.1. The highest BCUT2D eigenvalue weighted by molar-refractivity contribution is 6.74. The molecule has 0 aromatic heterocycles. The zero-order valence-corrected chi connectivity index (χ0v) is 12.8. The number of hydrogen-bond donors (Lipinski definition) is 0. The second-order valence-electron chi connectivity index (χ2n) is 6.05. The maximum absolute atomic E-state index is 11.0. The van der Waals surface area contributed by atoms with Crippen LogP contribution in [0.3, 0.4) is 0 Å². The lowest BCUT2D eigenvalue weighted by Gasteiger charge is -2.38. The molecule has 0 heterocycles. The monoisotopic (exact) mass is 244 g/mol. The first-order valence-electron chi connectivity index (χ1n) is 6.37. The number of rotatable bonds is 7. The van der Waals surface area contributed by atoms with Crippen molar-refractivity contribution in [3.05, 3.63) is 0 Å². The molecule has 0 aliphatic carbocycles. The van der Waals surface area contributed by atoms with Gasteiger partial charge in [0.1, 0.15) is 12.4 Å². The van der Waals surface area contributed by atoms with Gasteiger partial charge in [0, 0.05) is 0 Å². The first kappa shape index (κ1) is 15.8. The Hall–Kier alpha value is -0.153. The van der Waals surface area contributed by atoms with Crippen LogP contribution in [0, 0.1) is 0 Å². The molecule has 2 nitrogen and oxygen atoms in total. The molecule has 0 amide bonds. The van der Waals surface area contributed by atoms with Gasteiger partial charge in [-0.25, -0.2) is 0 Å². The summed E-state index contributed by atoms with van der Waals surface area (Å²) in [7, 11) is -1.78. The molecule has 0 N–H and O–H groups in total. The Bertz CT molecular complexity index is 206. The van der Waals surface area contributed by atoms with Gasteiger partial charge in [0.2, 0.25) is 0 Å². The van der Waals surface area contributed by atoms with Crippen LogP contribution in [0.5, 0.6) is 0 Å². The molecular formula is C13H28O2Si. The van der Waals surface area contributed by atoms with E-state index in [-0.39, 0.29) is 11.1 Å². The Labute approximate surface area is 102 Å². The van der Waals surface area contributed by atoms with Crippen LogP contribution in [0.15, 0.2) is 0 Å². The second-order valence-corrected chi connectivity index (χ2v) is 10.8. The molecule has 96 valence electrons. The number of unbranched alkanes of at least 4 members (excludes halogenated alkanes) is 2. The van der Waals surface area contributed by atoms with E-state index in [9.17, 15) is 4.79 Å². The van der Waals surface area contributed by atoms with Crippen molar-refractivity contribution in [2.75, 3.05) is 0 Å². The van der Waals surface area contributed by atoms with Crippen molar-refractivity contribution in [3.63, 3.8) is 0 Å². The van der Waals surface area contributed by atoms with Crippen LogP contribution in [0.2, 0.25) is 18.1 Å². The van der Waals surface area contributed by atoms with Gasteiger partial charge in [-0.1, -0.05) is 47.0 Å². The largest absolute Gasteiger partial charge is 0.407 e. The molecular weight excluding hydrogens is 216 g/mol. The third-order valence-electron chi connectivity index (χ3n) is 3.50. The average Bonchev–Trinajstić information content (AvgIpc) is 2.14. The molecule has 0 spiro atoms. The summed E-state index contributed by atoms with van der Waals surface area (Å²) >= 11 is 0. The number of aldehydes is 1. The highest BCUT2D eigenvalue weighted by atomic mass is 28.4. The van der Waals surface area contributed by atoms with Crippen molar-refractivity contribution in [2.45, 2.75) is 77.6 Å². The fourth-order valence-corrected chi connectivity index (χ4v) is 2.59. The molecule has 0 radical (unpaired) electrons. The minimum atomic E-state index is -1.78. The standard InChI is InChI=1S/C13H28O2Si/c1-7-8-9-10-12(11-14)15-16(5,6)13(2,3)4/h11-12H,7-10H2,1-6H3. The van der Waals surface area contributed by atoms with Gasteiger partial charge in [-0.3, -0.25) is 0 Å². The van der Waals surface area contributed by atoms with Crippen LogP contribution >= 0.6 is 0 Å². The first-order valence-corrected chi connectivity index (χ1v) is 9.28. The van der Waals surface area contributed by atoms with E-state index in [1.807, 2.05) is 0 Å². The SMILES string of the molecule is CCCCCC(C=O)O[Si](C)(C)C(C)(C)C. The molecule has 0 saturated carbocycles. The summed E-state index contributed by atoms with van der Waals surface area (Å²) in [6.45, 7) is 13.2. The maximum Gasteiger partial charge on any atom is 0.193 e. The normalized spacial score (nSPS) is 14.9. The van der Waals surface area contributed by atoms with Crippen molar-refractivity contribution in [2.24, 2.45) is 0 Å². The van der Waals surface area contributed by atoms with E-state index in [4.69, 9.17) is 4.43 Å². The molecule has 3 heteroatoms. The Kier molecular flexibility index (Phi) is 6.49. The van der Waals surface area contributed by atoms with Gasteiger partial charge in [-0.15, -0.1) is 0 Å². The molecule has 1 atom stereocenters. The number of carbonyl (C=O) groups is 1. The van der Waals surface area contributed by atoms with E-state index in [1.54, 1.807) is 0 Å². The molecule has 0 fully saturated rings. The summed E-state index contributed by atoms with van der Waals surface area (Å²) in [5.41, 5.74) is 0. The molecule has 0 saturated heterocycles. The van der Waals surface area contributed by atoms with Gasteiger partial charge in [0.05, 0.1) is 0 Å². The molecule has 0 aliphatic heterocycles. The van der Waals surface area contributed by atoms with E-state index < -0.39 is 8.32 Å². The van der Waals surface area contributed by atoms with Crippen molar-refractivity contribution in [1.82, 2.24) is 0 Å². The minimum Gasteiger partial charge on any atom is -0.407 e. The van der Waals surface area contributed by atoms with Gasteiger partial charge in [0.25, 0.3) is 0 Å². The third kappa shape index (κ3) is 5.26. The van der Waals surface area contributed by atoms with E-state index in [2.05, 4.69) is 40.8 Å². The Morgan fingerprint density at radius 2 is 1.81 bits per heavy atom. The van der Waals surface area contributed by atoms with Crippen LogP contribution < -0.4 is 0 Å². The van der Waals surface area contributed by atoms with Crippen molar-refractivity contribution >= 4 is 14.6 Å². The highest BCUT2D eigenvalue weighted by Crippen LogP contribution is 2.37. The van der Waals surface area contributed by atoms with Crippen LogP contribution in [0.1, 0.15) is 53.4 Å². The van der Waals surface area contributed by atoms with Crippen molar-refractivity contribution in [1.29, 1.82) is 0 Å². The average molecular weight is 244 g/mol. The zero-order chi connectivity index (χ0) is 12.8. The number of hydrogen-bond acceptors (Lipinski definition) is 2. The molecule has 0 bridgehead atoms. The maximum atomic E-state index is 11.0. The van der Waals surface area contributed by atoms with Crippen molar-refractivity contribution < 1.29 is 9.22 Å². The lowest BCUT2D eigenvalue weighted by Crippen LogP contribution is -2.44. The van der Waals surface area contributed by atoms with Gasteiger partial charge >= 0.3 is 0 Å². The van der Waals surface area contributed by atoms with Crippen molar-refractivity contribution in [3.8, 4) is 0 Å². The van der Waals surface area contributed by atoms with Crippen LogP contribution in [-0.2, 0) is 9.22 Å². The second kappa shape index (κ2) is 6.55. The van der Waals surface area contributed by atoms with Gasteiger partial charge in [-0.2, -0.15) is 0 Å². The predicted octanol–water partition coefficient (Wildman–Crippen LogP) is 4.16. The first-order chi connectivity index (χ1) is 7.24. The summed E-state index contributed by atoms with van der Waals surface area (Å²) in [5.74, 6) is 0. The molecule has 0 aliphatic rings. The molecule has 1 unspecified atom stereocenters. The Morgan fingerprint density at radius 1 is 1.25 bits per heavy atom. The van der Waals surface area contributed by atoms with Gasteiger partial charge in [0.15, 0.2) is 8.32 Å². The van der Waals surface area contributed by atoms with Gasteiger partial charge in [-0.05, 0) is 24.6 Å². The summed E-state index contributed by atoms with van der Waals surface area (Å²) < 4.78 is 6.07. The number of carbonyl (C=O) groups excluding carboxylic acids is 1. The smallest absolute Gasteiger partial charge is 0.193 e. The molecule has 0 aromatic carbocycles. The van der Waals surface area contributed by atoms with E-state index in [0.29, 0.717) is 0 Å². The summed E-state index contributed by atoms with van der Waals surface area (Å²) in [6, 6.07) is 0. The quantitative estimate of drug-likeness (QED) is 0.382. The minimum absolute atomic E-state index is 0.180. The summed E-state index contributed by atoms with van der Waals surface area (Å²) in [6.07, 6.45) is 5.14. The fraction of sp³-hybridized carbons (Fsp3) is 0.923. The van der Waals surface area contributed by atoms with Crippen LogP contribution in [-0.4, -0.2) is 20.7 Å². The summed E-state index contributed by atoms with van der Waals surface area (Å²) in [4.78, 5) is 11.0. The Balaban J connectivity index is 4.26. The topological polar surface area (TPSA) is 26.3 Å². The van der Waals surface area contributed by atoms with E-state index >= 15 is 0 Å². The van der Waals surface area contributed by atoms with E-state index in [0.717, 1.165) is 19.1 Å². The molecule has 0 aromatic rings. The molecule has 16 heavy (non-hydrogen) atoms. The Morgan fingerprint density at radius 3 is 2.19 bits per heavy atom. The zero-order valence-electron chi connectivity index (χ0n) is 11.8. The third-order valence-corrected chi connectivity index (χ3v) is 8.00. The molecule has 0 rings (SSSR count). The van der Waals surface area contributed by atoms with Crippen LogP contribution in [0.4, 0.5) is 0 Å². The predicted molar refractivity (Wildman–Crippen MR) is 72.3 cm³/mol. The van der Waals surface area contributed by atoms with Crippen LogP contribution in [0.25, 0.3) is 0 Å². The highest BCUT2D eigenvalue weighted by Gasteiger charge is 2.38. The van der Waals surface area contributed by atoms with Gasteiger partial charge < -0.3 is 9.22 Å². The summed E-state index contributed by atoms with van der Waals surface area (Å²) in [5, 5.41) is 0.180. The fourth-order valence-electron chi connectivity index (χ4n) is 1.31. The van der Waals surface area contributed by atoms with E-state index in [1.165, 1.54) is 12.8 Å². The lowest BCUT2D eigenvalue weighted by molar-refractivity contribution is -0.114.